The summed E-state index contributed by atoms with van der Waals surface area (Å²) >= 11 is 0. The highest BCUT2D eigenvalue weighted by Crippen LogP contribution is 2.08. The van der Waals surface area contributed by atoms with Gasteiger partial charge in [0.1, 0.15) is 6.54 Å². The minimum atomic E-state index is -1.26. The lowest BCUT2D eigenvalue weighted by Crippen LogP contribution is -2.45. The molecule has 2 unspecified atom stereocenters. The summed E-state index contributed by atoms with van der Waals surface area (Å²) < 4.78 is 5.67. The molecular weight excluding hydrogens is 346 g/mol. The summed E-state index contributed by atoms with van der Waals surface area (Å²) in [5.74, 6) is -1.87. The van der Waals surface area contributed by atoms with Gasteiger partial charge in [-0.25, -0.2) is 0 Å². The zero-order valence-corrected chi connectivity index (χ0v) is 17.1. The van der Waals surface area contributed by atoms with Crippen molar-refractivity contribution < 1.29 is 29.0 Å². The van der Waals surface area contributed by atoms with E-state index in [-0.39, 0.29) is 12.8 Å². The van der Waals surface area contributed by atoms with Crippen LogP contribution in [-0.4, -0.2) is 61.4 Å². The van der Waals surface area contributed by atoms with Crippen molar-refractivity contribution in [1.82, 2.24) is 0 Å². The number of esters is 1. The fourth-order valence-corrected chi connectivity index (χ4v) is 2.48. The molecule has 0 aromatic heterocycles. The first-order valence-electron chi connectivity index (χ1n) is 9.46. The Morgan fingerprint density at radius 2 is 1.70 bits per heavy atom. The largest absolute Gasteiger partial charge is 0.550 e. The average Bonchev–Trinajstić information content (AvgIpc) is 2.50. The molecule has 6 nitrogen and oxygen atoms in total. The van der Waals surface area contributed by atoms with E-state index in [1.807, 2.05) is 52.4 Å². The number of allylic oxidation sites excluding steroid dienone is 5. The third kappa shape index (κ3) is 17.3. The van der Waals surface area contributed by atoms with E-state index in [2.05, 4.69) is 6.08 Å². The highest BCUT2D eigenvalue weighted by atomic mass is 16.5. The van der Waals surface area contributed by atoms with Crippen LogP contribution in [0.15, 0.2) is 36.5 Å². The van der Waals surface area contributed by atoms with Crippen molar-refractivity contribution in [3.63, 3.8) is 0 Å². The number of carboxylic acids is 1. The van der Waals surface area contributed by atoms with Gasteiger partial charge in [-0.1, -0.05) is 36.5 Å². The Kier molecular flexibility index (Phi) is 13.2. The van der Waals surface area contributed by atoms with Crippen molar-refractivity contribution in [2.24, 2.45) is 0 Å². The monoisotopic (exact) mass is 381 g/mol. The van der Waals surface area contributed by atoms with Crippen LogP contribution in [0, 0.1) is 0 Å². The predicted octanol–water partition coefficient (Wildman–Crippen LogP) is 1.74. The van der Waals surface area contributed by atoms with Crippen LogP contribution in [0.2, 0.25) is 0 Å². The lowest BCUT2D eigenvalue weighted by molar-refractivity contribution is -0.873. The number of unbranched alkanes of at least 4 members (excludes halogenated alkanes) is 3. The maximum atomic E-state index is 11.9. The summed E-state index contributed by atoms with van der Waals surface area (Å²) in [6.07, 6.45) is 13.2. The van der Waals surface area contributed by atoms with E-state index in [9.17, 15) is 19.8 Å². The summed E-state index contributed by atoms with van der Waals surface area (Å²) in [5.41, 5.74) is 0. The average molecular weight is 382 g/mol. The number of carboxylic acid groups (broad SMARTS) is 1. The lowest BCUT2D eigenvalue weighted by atomic mass is 10.1. The summed E-state index contributed by atoms with van der Waals surface area (Å²) in [7, 11) is 5.64. The van der Waals surface area contributed by atoms with Crippen molar-refractivity contribution in [3.05, 3.63) is 36.5 Å². The van der Waals surface area contributed by atoms with Crippen molar-refractivity contribution in [3.8, 4) is 0 Å². The fraction of sp³-hybridized carbons (Fsp3) is 0.619. The maximum Gasteiger partial charge on any atom is 0.309 e. The van der Waals surface area contributed by atoms with Gasteiger partial charge >= 0.3 is 5.97 Å². The number of carbonyl (C=O) groups excluding carboxylic acids is 2. The normalized spacial score (nSPS) is 14.9. The molecule has 0 aliphatic rings. The van der Waals surface area contributed by atoms with Gasteiger partial charge < -0.3 is 24.2 Å². The molecule has 0 saturated heterocycles. The van der Waals surface area contributed by atoms with E-state index < -0.39 is 24.1 Å². The third-order valence-corrected chi connectivity index (χ3v) is 3.61. The Hall–Kier alpha value is -1.92. The first kappa shape index (κ1) is 25.1. The second-order valence-corrected chi connectivity index (χ2v) is 7.60. The first-order chi connectivity index (χ1) is 12.6. The van der Waals surface area contributed by atoms with Gasteiger partial charge in [0.05, 0.1) is 33.7 Å². The topological polar surface area (TPSA) is 86.7 Å². The number of hydrogen-bond donors (Lipinski definition) is 1. The molecule has 27 heavy (non-hydrogen) atoms. The molecule has 0 spiro atoms. The lowest BCUT2D eigenvalue weighted by Gasteiger charge is -2.29. The molecule has 0 radical (unpaired) electrons. The molecular formula is C21H35NO5. The van der Waals surface area contributed by atoms with Crippen molar-refractivity contribution in [1.29, 1.82) is 0 Å². The number of aliphatic carboxylic acids is 1. The Labute approximate surface area is 163 Å². The number of nitrogens with zero attached hydrogens (tertiary/aromatic N) is 1. The maximum absolute atomic E-state index is 11.9. The number of hydrogen-bond acceptors (Lipinski definition) is 5. The van der Waals surface area contributed by atoms with Crippen LogP contribution in [-0.2, 0) is 14.3 Å². The van der Waals surface area contributed by atoms with Gasteiger partial charge in [-0.15, -0.1) is 0 Å². The third-order valence-electron chi connectivity index (χ3n) is 3.61. The number of rotatable bonds is 14. The molecule has 0 aliphatic heterocycles. The summed E-state index contributed by atoms with van der Waals surface area (Å²) in [6, 6.07) is 0. The van der Waals surface area contributed by atoms with Crippen molar-refractivity contribution >= 4 is 11.9 Å². The number of ether oxygens (including phenoxy) is 1. The van der Waals surface area contributed by atoms with E-state index in [0.717, 1.165) is 25.7 Å². The van der Waals surface area contributed by atoms with Gasteiger partial charge in [0.2, 0.25) is 0 Å². The van der Waals surface area contributed by atoms with Crippen molar-refractivity contribution in [2.45, 2.75) is 57.7 Å². The molecule has 0 saturated carbocycles. The van der Waals surface area contributed by atoms with Gasteiger partial charge in [-0.3, -0.25) is 4.79 Å². The fourth-order valence-electron chi connectivity index (χ4n) is 2.48. The molecule has 2 atom stereocenters. The number of quaternary nitrogens is 1. The SMILES string of the molecule is C/C=C/C=C/CCCC/C=C/C(O)CC(=O)OC(CC(=O)[O-])C[N+](C)(C)C. The highest BCUT2D eigenvalue weighted by molar-refractivity contribution is 5.71. The van der Waals surface area contributed by atoms with E-state index in [4.69, 9.17) is 4.74 Å². The molecule has 6 heteroatoms. The van der Waals surface area contributed by atoms with Gasteiger partial charge in [0.15, 0.2) is 6.10 Å². The van der Waals surface area contributed by atoms with E-state index in [1.54, 1.807) is 6.08 Å². The predicted molar refractivity (Wildman–Crippen MR) is 105 cm³/mol. The quantitative estimate of drug-likeness (QED) is 0.163. The summed E-state index contributed by atoms with van der Waals surface area (Å²) in [5, 5.41) is 20.7. The Balaban J connectivity index is 4.17. The van der Waals surface area contributed by atoms with Crippen LogP contribution in [0.1, 0.15) is 45.4 Å². The molecule has 0 aliphatic carbocycles. The zero-order valence-electron chi connectivity index (χ0n) is 17.1. The van der Waals surface area contributed by atoms with Gasteiger partial charge in [-0.2, -0.15) is 0 Å². The summed E-state index contributed by atoms with van der Waals surface area (Å²) in [4.78, 5) is 22.8. The molecule has 0 rings (SSSR count). The standard InChI is InChI=1S/C21H35NO5/c1-5-6-7-8-9-10-11-12-13-14-18(23)15-21(26)27-19(16-20(24)25)17-22(2,3)4/h5-8,13-14,18-19,23H,9-12,15-17H2,1-4H3/b6-5+,8-7+,14-13+. The number of aliphatic hydroxyl groups is 1. The minimum absolute atomic E-state index is 0.191. The van der Waals surface area contributed by atoms with E-state index in [0.29, 0.717) is 11.0 Å². The second kappa shape index (κ2) is 14.2. The molecule has 0 aromatic rings. The van der Waals surface area contributed by atoms with E-state index in [1.165, 1.54) is 0 Å². The minimum Gasteiger partial charge on any atom is -0.550 e. The van der Waals surface area contributed by atoms with Crippen LogP contribution in [0.5, 0.6) is 0 Å². The van der Waals surface area contributed by atoms with E-state index >= 15 is 0 Å². The van der Waals surface area contributed by atoms with Crippen LogP contribution in [0.3, 0.4) is 0 Å². The molecule has 0 aromatic carbocycles. The molecule has 154 valence electrons. The van der Waals surface area contributed by atoms with Gasteiger partial charge in [0, 0.05) is 12.4 Å². The molecule has 0 amide bonds. The Bertz CT molecular complexity index is 517. The molecule has 1 N–H and O–H groups in total. The van der Waals surface area contributed by atoms with Crippen LogP contribution < -0.4 is 5.11 Å². The molecule has 0 fully saturated rings. The second-order valence-electron chi connectivity index (χ2n) is 7.60. The number of aliphatic hydroxyl groups excluding tert-OH is 1. The van der Waals surface area contributed by atoms with Crippen LogP contribution >= 0.6 is 0 Å². The van der Waals surface area contributed by atoms with Gasteiger partial charge in [0.25, 0.3) is 0 Å². The van der Waals surface area contributed by atoms with Gasteiger partial charge in [-0.05, 0) is 32.6 Å². The van der Waals surface area contributed by atoms with Crippen LogP contribution in [0.25, 0.3) is 0 Å². The zero-order chi connectivity index (χ0) is 20.7. The van der Waals surface area contributed by atoms with Crippen molar-refractivity contribution in [2.75, 3.05) is 27.7 Å². The number of likely N-dealkylation sites (N-methyl/N-ethyl adjacent to an activating group) is 1. The Morgan fingerprint density at radius 3 is 2.26 bits per heavy atom. The smallest absolute Gasteiger partial charge is 0.309 e. The summed E-state index contributed by atoms with van der Waals surface area (Å²) in [6.45, 7) is 2.33. The highest BCUT2D eigenvalue weighted by Gasteiger charge is 2.23. The van der Waals surface area contributed by atoms with Crippen LogP contribution in [0.4, 0.5) is 0 Å². The Morgan fingerprint density at radius 1 is 1.07 bits per heavy atom. The molecule has 0 heterocycles. The first-order valence-corrected chi connectivity index (χ1v) is 9.46. The number of carbonyl (C=O) groups is 2. The molecule has 0 bridgehead atoms.